The quantitative estimate of drug-likeness (QED) is 0.703. The van der Waals surface area contributed by atoms with Crippen molar-refractivity contribution in [3.05, 3.63) is 35.4 Å². The Morgan fingerprint density at radius 1 is 1.54 bits per heavy atom. The predicted octanol–water partition coefficient (Wildman–Crippen LogP) is 1.14. The smallest absolute Gasteiger partial charge is 0.217 e. The van der Waals surface area contributed by atoms with Gasteiger partial charge in [-0.05, 0) is 11.6 Å². The Labute approximate surface area is 76.8 Å². The van der Waals surface area contributed by atoms with Gasteiger partial charge in [-0.15, -0.1) is 0 Å². The largest absolute Gasteiger partial charge is 0.352 e. The second-order valence-corrected chi connectivity index (χ2v) is 2.77. The third-order valence-electron chi connectivity index (χ3n) is 1.63. The molecule has 0 unspecified atom stereocenters. The second-order valence-electron chi connectivity index (χ2n) is 2.77. The lowest BCUT2D eigenvalue weighted by molar-refractivity contribution is -0.119. The van der Waals surface area contributed by atoms with Crippen LogP contribution in [0, 0.1) is 0 Å². The molecule has 1 N–H and O–H groups in total. The molecule has 0 saturated heterocycles. The third-order valence-corrected chi connectivity index (χ3v) is 1.63. The Morgan fingerprint density at radius 3 is 2.92 bits per heavy atom. The summed E-state index contributed by atoms with van der Waals surface area (Å²) in [5, 5.41) is 2.66. The molecule has 13 heavy (non-hydrogen) atoms. The van der Waals surface area contributed by atoms with E-state index < -0.39 is 0 Å². The first-order valence-electron chi connectivity index (χ1n) is 4.01. The summed E-state index contributed by atoms with van der Waals surface area (Å²) in [6, 6.07) is 7.14. The summed E-state index contributed by atoms with van der Waals surface area (Å²) in [4.78, 5) is 21.0. The van der Waals surface area contributed by atoms with Gasteiger partial charge in [0.2, 0.25) is 5.91 Å². The molecule has 0 saturated carbocycles. The number of aldehydes is 1. The molecule has 0 aliphatic rings. The molecule has 0 spiro atoms. The molecule has 0 radical (unpaired) electrons. The Hall–Kier alpha value is -1.64. The van der Waals surface area contributed by atoms with E-state index in [9.17, 15) is 9.59 Å². The Balaban J connectivity index is 2.66. The predicted molar refractivity (Wildman–Crippen MR) is 49.4 cm³/mol. The third kappa shape index (κ3) is 3.07. The molecule has 1 aromatic carbocycles. The molecular weight excluding hydrogens is 166 g/mol. The van der Waals surface area contributed by atoms with Gasteiger partial charge in [-0.1, -0.05) is 18.2 Å². The van der Waals surface area contributed by atoms with Crippen molar-refractivity contribution in [2.45, 2.75) is 13.5 Å². The topological polar surface area (TPSA) is 46.2 Å². The first kappa shape index (κ1) is 9.45. The van der Waals surface area contributed by atoms with E-state index in [1.165, 1.54) is 6.92 Å². The van der Waals surface area contributed by atoms with Gasteiger partial charge in [0.15, 0.2) is 0 Å². The van der Waals surface area contributed by atoms with Crippen LogP contribution in [0.2, 0.25) is 0 Å². The van der Waals surface area contributed by atoms with Crippen molar-refractivity contribution >= 4 is 12.2 Å². The van der Waals surface area contributed by atoms with E-state index in [0.29, 0.717) is 12.1 Å². The summed E-state index contributed by atoms with van der Waals surface area (Å²) < 4.78 is 0. The van der Waals surface area contributed by atoms with E-state index >= 15 is 0 Å². The summed E-state index contributed by atoms with van der Waals surface area (Å²) in [5.41, 5.74) is 1.56. The number of amides is 1. The van der Waals surface area contributed by atoms with Crippen LogP contribution in [0.4, 0.5) is 0 Å². The van der Waals surface area contributed by atoms with Gasteiger partial charge in [-0.3, -0.25) is 9.59 Å². The molecule has 0 bridgehead atoms. The molecule has 0 atom stereocenters. The molecule has 68 valence electrons. The monoisotopic (exact) mass is 177 g/mol. The van der Waals surface area contributed by atoms with Crippen LogP contribution >= 0.6 is 0 Å². The lowest BCUT2D eigenvalue weighted by atomic mass is 10.1. The SMILES string of the molecule is CC(=O)NCc1cccc(C=O)c1. The fraction of sp³-hybridized carbons (Fsp3) is 0.200. The number of nitrogens with one attached hydrogen (secondary N) is 1. The number of rotatable bonds is 3. The molecule has 3 nitrogen and oxygen atoms in total. The van der Waals surface area contributed by atoms with Gasteiger partial charge in [-0.2, -0.15) is 0 Å². The second kappa shape index (κ2) is 4.40. The average molecular weight is 177 g/mol. The highest BCUT2D eigenvalue weighted by atomic mass is 16.1. The van der Waals surface area contributed by atoms with Crippen LogP contribution in [0.1, 0.15) is 22.8 Å². The summed E-state index contributed by atoms with van der Waals surface area (Å²) in [5.74, 6) is -0.0727. The van der Waals surface area contributed by atoms with Crippen molar-refractivity contribution in [1.29, 1.82) is 0 Å². The highest BCUT2D eigenvalue weighted by molar-refractivity contribution is 5.75. The summed E-state index contributed by atoms with van der Waals surface area (Å²) >= 11 is 0. The molecular formula is C10H11NO2. The average Bonchev–Trinajstić information content (AvgIpc) is 2.15. The van der Waals surface area contributed by atoms with Gasteiger partial charge in [0, 0.05) is 19.0 Å². The Morgan fingerprint density at radius 2 is 2.31 bits per heavy atom. The van der Waals surface area contributed by atoms with Crippen molar-refractivity contribution in [1.82, 2.24) is 5.32 Å². The number of benzene rings is 1. The molecule has 1 aromatic rings. The highest BCUT2D eigenvalue weighted by Crippen LogP contribution is 2.02. The maximum atomic E-state index is 10.6. The molecule has 0 aliphatic heterocycles. The molecule has 1 amide bonds. The van der Waals surface area contributed by atoms with Crippen LogP contribution in [-0.4, -0.2) is 12.2 Å². The van der Waals surface area contributed by atoms with Crippen molar-refractivity contribution in [2.75, 3.05) is 0 Å². The minimum Gasteiger partial charge on any atom is -0.352 e. The van der Waals surface area contributed by atoms with E-state index in [0.717, 1.165) is 11.8 Å². The maximum Gasteiger partial charge on any atom is 0.217 e. The number of carbonyl (C=O) groups excluding carboxylic acids is 2. The van der Waals surface area contributed by atoms with Crippen LogP contribution in [0.3, 0.4) is 0 Å². The van der Waals surface area contributed by atoms with E-state index in [-0.39, 0.29) is 5.91 Å². The van der Waals surface area contributed by atoms with E-state index in [1.54, 1.807) is 18.2 Å². The zero-order valence-electron chi connectivity index (χ0n) is 7.41. The molecule has 0 heterocycles. The van der Waals surface area contributed by atoms with Crippen LogP contribution in [0.15, 0.2) is 24.3 Å². The lowest BCUT2D eigenvalue weighted by Gasteiger charge is -2.02. The first-order valence-corrected chi connectivity index (χ1v) is 4.01. The van der Waals surface area contributed by atoms with Gasteiger partial charge in [0.25, 0.3) is 0 Å². The van der Waals surface area contributed by atoms with Crippen molar-refractivity contribution in [3.8, 4) is 0 Å². The van der Waals surface area contributed by atoms with Crippen LogP contribution in [-0.2, 0) is 11.3 Å². The minimum atomic E-state index is -0.0727. The summed E-state index contributed by atoms with van der Waals surface area (Å²) in [7, 11) is 0. The Bertz CT molecular complexity index is 320. The summed E-state index contributed by atoms with van der Waals surface area (Å²) in [6.45, 7) is 1.93. The van der Waals surface area contributed by atoms with Gasteiger partial charge >= 0.3 is 0 Å². The van der Waals surface area contributed by atoms with E-state index in [4.69, 9.17) is 0 Å². The molecule has 0 aliphatic carbocycles. The van der Waals surface area contributed by atoms with Gasteiger partial charge < -0.3 is 5.32 Å². The number of hydrogen-bond acceptors (Lipinski definition) is 2. The van der Waals surface area contributed by atoms with E-state index in [2.05, 4.69) is 5.32 Å². The van der Waals surface area contributed by atoms with Gasteiger partial charge in [0.05, 0.1) is 0 Å². The zero-order chi connectivity index (χ0) is 9.68. The van der Waals surface area contributed by atoms with Crippen molar-refractivity contribution in [3.63, 3.8) is 0 Å². The van der Waals surface area contributed by atoms with Crippen LogP contribution in [0.25, 0.3) is 0 Å². The van der Waals surface area contributed by atoms with Crippen molar-refractivity contribution < 1.29 is 9.59 Å². The number of carbonyl (C=O) groups is 2. The minimum absolute atomic E-state index is 0.0727. The zero-order valence-corrected chi connectivity index (χ0v) is 7.41. The molecule has 1 rings (SSSR count). The normalized spacial score (nSPS) is 9.31. The Kier molecular flexibility index (Phi) is 3.20. The van der Waals surface area contributed by atoms with Gasteiger partial charge in [0.1, 0.15) is 6.29 Å². The van der Waals surface area contributed by atoms with E-state index in [1.807, 2.05) is 6.07 Å². The standard InChI is InChI=1S/C10H11NO2/c1-8(13)11-6-9-3-2-4-10(5-9)7-12/h2-5,7H,6H2,1H3,(H,11,13). The molecule has 0 fully saturated rings. The van der Waals surface area contributed by atoms with Crippen molar-refractivity contribution in [2.24, 2.45) is 0 Å². The molecule has 0 aromatic heterocycles. The lowest BCUT2D eigenvalue weighted by Crippen LogP contribution is -2.18. The maximum absolute atomic E-state index is 10.6. The first-order chi connectivity index (χ1) is 6.22. The fourth-order valence-corrected chi connectivity index (χ4v) is 1.00. The number of hydrogen-bond donors (Lipinski definition) is 1. The molecule has 3 heteroatoms. The van der Waals surface area contributed by atoms with Crippen LogP contribution in [0.5, 0.6) is 0 Å². The van der Waals surface area contributed by atoms with Crippen LogP contribution < -0.4 is 5.32 Å². The summed E-state index contributed by atoms with van der Waals surface area (Å²) in [6.07, 6.45) is 0.789. The highest BCUT2D eigenvalue weighted by Gasteiger charge is 1.95. The van der Waals surface area contributed by atoms with Gasteiger partial charge in [-0.25, -0.2) is 0 Å². The fourth-order valence-electron chi connectivity index (χ4n) is 1.00.